The van der Waals surface area contributed by atoms with Gasteiger partial charge in [0, 0.05) is 11.7 Å². The van der Waals surface area contributed by atoms with Gasteiger partial charge in [-0.25, -0.2) is 4.98 Å². The zero-order valence-corrected chi connectivity index (χ0v) is 11.0. The van der Waals surface area contributed by atoms with Gasteiger partial charge in [0.05, 0.1) is 18.6 Å². The van der Waals surface area contributed by atoms with Crippen LogP contribution in [0.5, 0.6) is 0 Å². The summed E-state index contributed by atoms with van der Waals surface area (Å²) in [6, 6.07) is 3.53. The molecule has 0 aromatic carbocycles. The number of aryl methyl sites for hydroxylation is 2. The van der Waals surface area contributed by atoms with Crippen molar-refractivity contribution in [2.75, 3.05) is 18.5 Å². The van der Waals surface area contributed by atoms with Gasteiger partial charge in [0.15, 0.2) is 0 Å². The zero-order chi connectivity index (χ0) is 13.3. The van der Waals surface area contributed by atoms with Crippen LogP contribution < -0.4 is 11.1 Å². The van der Waals surface area contributed by atoms with Crippen LogP contribution in [0.3, 0.4) is 0 Å². The van der Waals surface area contributed by atoms with E-state index in [-0.39, 0.29) is 11.9 Å². The van der Waals surface area contributed by atoms with Crippen molar-refractivity contribution in [3.63, 3.8) is 0 Å². The molecule has 2 rings (SSSR count). The van der Waals surface area contributed by atoms with Crippen molar-refractivity contribution in [1.82, 2.24) is 4.98 Å². The molecule has 1 aliphatic heterocycles. The molecular formula is C13H19N3O2. The molecular weight excluding hydrogens is 230 g/mol. The smallest absolute Gasteiger partial charge is 0.235 e. The number of nitrogens with zero attached hydrogens (tertiary/aromatic N) is 1. The Labute approximate surface area is 107 Å². The lowest BCUT2D eigenvalue weighted by molar-refractivity contribution is -0.125. The number of nitrogens with two attached hydrogens (primary N) is 1. The molecule has 1 aromatic heterocycles. The summed E-state index contributed by atoms with van der Waals surface area (Å²) < 4.78 is 5.27. The normalized spacial score (nSPS) is 27.2. The summed E-state index contributed by atoms with van der Waals surface area (Å²) in [5, 5.41) is 2.83. The van der Waals surface area contributed by atoms with Gasteiger partial charge in [0.1, 0.15) is 5.82 Å². The monoisotopic (exact) mass is 249 g/mol. The van der Waals surface area contributed by atoms with Crippen molar-refractivity contribution in [2.24, 2.45) is 11.1 Å². The Morgan fingerprint density at radius 3 is 2.83 bits per heavy atom. The van der Waals surface area contributed by atoms with E-state index in [0.29, 0.717) is 19.0 Å². The average Bonchev–Trinajstić information content (AvgIpc) is 2.59. The third-order valence-corrected chi connectivity index (χ3v) is 3.38. The van der Waals surface area contributed by atoms with Gasteiger partial charge in [-0.1, -0.05) is 0 Å². The van der Waals surface area contributed by atoms with Crippen molar-refractivity contribution >= 4 is 11.7 Å². The molecule has 0 radical (unpaired) electrons. The van der Waals surface area contributed by atoms with E-state index < -0.39 is 5.41 Å². The number of rotatable bonds is 2. The molecule has 2 unspecified atom stereocenters. The lowest BCUT2D eigenvalue weighted by Crippen LogP contribution is -2.47. The molecule has 2 heterocycles. The third-order valence-electron chi connectivity index (χ3n) is 3.38. The number of carbonyl (C=O) groups excluding carboxylic acids is 1. The summed E-state index contributed by atoms with van der Waals surface area (Å²) in [7, 11) is 0. The van der Waals surface area contributed by atoms with Crippen LogP contribution in [-0.4, -0.2) is 30.1 Å². The minimum absolute atomic E-state index is 0.134. The van der Waals surface area contributed by atoms with Gasteiger partial charge in [-0.3, -0.25) is 4.79 Å². The Bertz CT molecular complexity index is 455. The molecule has 0 bridgehead atoms. The molecule has 5 heteroatoms. The molecule has 1 fully saturated rings. The highest BCUT2D eigenvalue weighted by Gasteiger charge is 2.44. The summed E-state index contributed by atoms with van der Waals surface area (Å²) in [5.41, 5.74) is 7.18. The van der Waals surface area contributed by atoms with Crippen molar-refractivity contribution in [3.8, 4) is 0 Å². The summed E-state index contributed by atoms with van der Waals surface area (Å²) in [5.74, 6) is 0.433. The molecule has 0 spiro atoms. The van der Waals surface area contributed by atoms with E-state index >= 15 is 0 Å². The number of pyridine rings is 1. The Kier molecular flexibility index (Phi) is 3.36. The molecule has 0 saturated carbocycles. The quantitative estimate of drug-likeness (QED) is 0.819. The van der Waals surface area contributed by atoms with Crippen molar-refractivity contribution in [2.45, 2.75) is 26.8 Å². The SMILES string of the molecule is Cc1cc(C)nc(NC(=O)C2(C)COCC2N)c1. The number of nitrogens with one attached hydrogen (secondary N) is 1. The number of hydrogen-bond donors (Lipinski definition) is 2. The van der Waals surface area contributed by atoms with E-state index in [9.17, 15) is 4.79 Å². The van der Waals surface area contributed by atoms with Gasteiger partial charge in [-0.15, -0.1) is 0 Å². The van der Waals surface area contributed by atoms with Gasteiger partial charge < -0.3 is 15.8 Å². The van der Waals surface area contributed by atoms with E-state index in [2.05, 4.69) is 10.3 Å². The van der Waals surface area contributed by atoms with Crippen LogP contribution in [0.1, 0.15) is 18.2 Å². The predicted octanol–water partition coefficient (Wildman–Crippen LogP) is 1.00. The summed E-state index contributed by atoms with van der Waals surface area (Å²) in [6.07, 6.45) is 0. The molecule has 98 valence electrons. The number of ether oxygens (including phenoxy) is 1. The highest BCUT2D eigenvalue weighted by Crippen LogP contribution is 2.28. The minimum atomic E-state index is -0.681. The fourth-order valence-electron chi connectivity index (χ4n) is 2.09. The number of anilines is 1. The van der Waals surface area contributed by atoms with Crippen LogP contribution >= 0.6 is 0 Å². The van der Waals surface area contributed by atoms with E-state index in [0.717, 1.165) is 11.3 Å². The minimum Gasteiger partial charge on any atom is -0.379 e. The second-order valence-corrected chi connectivity index (χ2v) is 5.16. The maximum absolute atomic E-state index is 12.3. The fraction of sp³-hybridized carbons (Fsp3) is 0.538. The maximum Gasteiger partial charge on any atom is 0.235 e. The zero-order valence-electron chi connectivity index (χ0n) is 11.0. The van der Waals surface area contributed by atoms with Crippen molar-refractivity contribution < 1.29 is 9.53 Å². The van der Waals surface area contributed by atoms with Crippen LogP contribution in [0.4, 0.5) is 5.82 Å². The standard InChI is InChI=1S/C13H19N3O2/c1-8-4-9(2)15-11(5-8)16-12(17)13(3)7-18-6-10(13)14/h4-5,10H,6-7,14H2,1-3H3,(H,15,16,17). The van der Waals surface area contributed by atoms with Crippen LogP contribution in [0.25, 0.3) is 0 Å². The summed E-state index contributed by atoms with van der Waals surface area (Å²) in [6.45, 7) is 6.46. The molecule has 0 aliphatic carbocycles. The Morgan fingerprint density at radius 2 is 2.28 bits per heavy atom. The topological polar surface area (TPSA) is 77.2 Å². The second kappa shape index (κ2) is 4.66. The number of amides is 1. The first-order chi connectivity index (χ1) is 8.41. The molecule has 18 heavy (non-hydrogen) atoms. The van der Waals surface area contributed by atoms with Crippen LogP contribution in [-0.2, 0) is 9.53 Å². The van der Waals surface area contributed by atoms with E-state index in [4.69, 9.17) is 10.5 Å². The van der Waals surface area contributed by atoms with Gasteiger partial charge in [0.25, 0.3) is 0 Å². The average molecular weight is 249 g/mol. The van der Waals surface area contributed by atoms with Gasteiger partial charge >= 0.3 is 0 Å². The number of carbonyl (C=O) groups is 1. The first kappa shape index (κ1) is 13.0. The van der Waals surface area contributed by atoms with E-state index in [1.165, 1.54) is 0 Å². The summed E-state index contributed by atoms with van der Waals surface area (Å²) >= 11 is 0. The highest BCUT2D eigenvalue weighted by atomic mass is 16.5. The maximum atomic E-state index is 12.3. The van der Waals surface area contributed by atoms with Gasteiger partial charge in [-0.2, -0.15) is 0 Å². The predicted molar refractivity (Wildman–Crippen MR) is 69.2 cm³/mol. The van der Waals surface area contributed by atoms with Crippen LogP contribution in [0.2, 0.25) is 0 Å². The second-order valence-electron chi connectivity index (χ2n) is 5.16. The molecule has 2 atom stereocenters. The lowest BCUT2D eigenvalue weighted by atomic mass is 9.85. The molecule has 1 aromatic rings. The van der Waals surface area contributed by atoms with Gasteiger partial charge in [0.2, 0.25) is 5.91 Å². The van der Waals surface area contributed by atoms with Crippen LogP contribution in [0.15, 0.2) is 12.1 Å². The molecule has 3 N–H and O–H groups in total. The largest absolute Gasteiger partial charge is 0.379 e. The van der Waals surface area contributed by atoms with Crippen molar-refractivity contribution in [1.29, 1.82) is 0 Å². The van der Waals surface area contributed by atoms with E-state index in [1.807, 2.05) is 32.9 Å². The number of aromatic nitrogens is 1. The Hall–Kier alpha value is -1.46. The molecule has 1 amide bonds. The van der Waals surface area contributed by atoms with Crippen molar-refractivity contribution in [3.05, 3.63) is 23.4 Å². The lowest BCUT2D eigenvalue weighted by Gasteiger charge is -2.25. The molecule has 5 nitrogen and oxygen atoms in total. The van der Waals surface area contributed by atoms with Crippen LogP contribution in [0, 0.1) is 19.3 Å². The first-order valence-corrected chi connectivity index (χ1v) is 6.02. The summed E-state index contributed by atoms with van der Waals surface area (Å²) in [4.78, 5) is 16.5. The molecule has 1 saturated heterocycles. The number of hydrogen-bond acceptors (Lipinski definition) is 4. The molecule has 1 aliphatic rings. The Balaban J connectivity index is 2.16. The first-order valence-electron chi connectivity index (χ1n) is 6.02. The highest BCUT2D eigenvalue weighted by molar-refractivity contribution is 5.95. The third kappa shape index (κ3) is 2.37. The van der Waals surface area contributed by atoms with E-state index in [1.54, 1.807) is 0 Å². The Morgan fingerprint density at radius 1 is 1.56 bits per heavy atom. The fourth-order valence-corrected chi connectivity index (χ4v) is 2.09. The van der Waals surface area contributed by atoms with Gasteiger partial charge in [-0.05, 0) is 38.5 Å².